The SMILES string of the molecule is CC[C@H](c1ccc(C)c(F)c1)N1C(=O)N(C)[C@@H]([C@H](C=O)Cc2cc(C)nc(N)c2)C(=O)N1c1cnn(C)c1. The number of urea groups is 1. The van der Waals surface area contributed by atoms with Crippen molar-refractivity contribution in [2.24, 2.45) is 13.0 Å². The van der Waals surface area contributed by atoms with Crippen molar-refractivity contribution in [1.29, 1.82) is 0 Å². The maximum Gasteiger partial charge on any atom is 0.340 e. The summed E-state index contributed by atoms with van der Waals surface area (Å²) in [6.07, 6.45) is 4.38. The first kappa shape index (κ1) is 26.8. The van der Waals surface area contributed by atoms with E-state index in [1.165, 1.54) is 38.9 Å². The number of hydrogen-bond acceptors (Lipinski definition) is 6. The third kappa shape index (κ3) is 4.96. The van der Waals surface area contributed by atoms with Gasteiger partial charge in [-0.25, -0.2) is 24.2 Å². The zero-order chi connectivity index (χ0) is 27.7. The van der Waals surface area contributed by atoms with Crippen molar-refractivity contribution >= 4 is 29.7 Å². The highest BCUT2D eigenvalue weighted by molar-refractivity contribution is 6.05. The Bertz CT molecular complexity index is 1350. The minimum atomic E-state index is -1.08. The lowest BCUT2D eigenvalue weighted by Gasteiger charge is -2.49. The van der Waals surface area contributed by atoms with Crippen molar-refractivity contribution in [3.05, 3.63) is 70.9 Å². The quantitative estimate of drug-likeness (QED) is 0.455. The molecule has 0 unspecified atom stereocenters. The molecule has 0 saturated carbocycles. The Hall–Kier alpha value is -4.28. The number of amides is 3. The normalized spacial score (nSPS) is 17.6. The monoisotopic (exact) mass is 521 g/mol. The third-order valence-electron chi connectivity index (χ3n) is 6.88. The maximum absolute atomic E-state index is 14.5. The van der Waals surface area contributed by atoms with Gasteiger partial charge in [-0.15, -0.1) is 0 Å². The molecule has 4 rings (SSSR count). The number of carbonyl (C=O) groups excluding carboxylic acids is 3. The summed E-state index contributed by atoms with van der Waals surface area (Å²) in [7, 11) is 3.20. The average Bonchev–Trinajstić information content (AvgIpc) is 3.29. The predicted molar refractivity (Wildman–Crippen MR) is 140 cm³/mol. The molecule has 200 valence electrons. The highest BCUT2D eigenvalue weighted by atomic mass is 19.1. The molecule has 3 heterocycles. The van der Waals surface area contributed by atoms with Crippen molar-refractivity contribution in [1.82, 2.24) is 24.7 Å². The van der Waals surface area contributed by atoms with Gasteiger partial charge in [0.15, 0.2) is 0 Å². The summed E-state index contributed by atoms with van der Waals surface area (Å²) in [5.74, 6) is -1.41. The Morgan fingerprint density at radius 3 is 2.47 bits per heavy atom. The van der Waals surface area contributed by atoms with Crippen LogP contribution < -0.4 is 10.7 Å². The lowest BCUT2D eigenvalue weighted by Crippen LogP contribution is -2.68. The van der Waals surface area contributed by atoms with Gasteiger partial charge in [0.2, 0.25) is 0 Å². The van der Waals surface area contributed by atoms with Crippen LogP contribution in [0.2, 0.25) is 0 Å². The molecule has 1 aliphatic rings. The molecule has 3 atom stereocenters. The molecule has 10 nitrogen and oxygen atoms in total. The number of nitrogens with two attached hydrogens (primary N) is 1. The highest BCUT2D eigenvalue weighted by Gasteiger charge is 2.49. The molecule has 2 aromatic heterocycles. The Morgan fingerprint density at radius 1 is 1.16 bits per heavy atom. The van der Waals surface area contributed by atoms with E-state index in [2.05, 4.69) is 10.1 Å². The van der Waals surface area contributed by atoms with Crippen LogP contribution in [0.25, 0.3) is 0 Å². The van der Waals surface area contributed by atoms with E-state index in [1.54, 1.807) is 51.4 Å². The highest BCUT2D eigenvalue weighted by Crippen LogP contribution is 2.36. The fourth-order valence-electron chi connectivity index (χ4n) is 5.03. The molecule has 0 spiro atoms. The van der Waals surface area contributed by atoms with Gasteiger partial charge < -0.3 is 15.4 Å². The number of anilines is 2. The van der Waals surface area contributed by atoms with Crippen molar-refractivity contribution in [2.75, 3.05) is 17.8 Å². The zero-order valence-electron chi connectivity index (χ0n) is 22.1. The number of aromatic nitrogens is 3. The van der Waals surface area contributed by atoms with Crippen LogP contribution in [0.15, 0.2) is 42.7 Å². The number of halogens is 1. The van der Waals surface area contributed by atoms with Crippen LogP contribution in [0.5, 0.6) is 0 Å². The molecule has 0 bridgehead atoms. The lowest BCUT2D eigenvalue weighted by molar-refractivity contribution is -0.133. The molecule has 0 radical (unpaired) electrons. The maximum atomic E-state index is 14.5. The van der Waals surface area contributed by atoms with Crippen LogP contribution in [-0.4, -0.2) is 56.0 Å². The van der Waals surface area contributed by atoms with E-state index < -0.39 is 35.8 Å². The third-order valence-corrected chi connectivity index (χ3v) is 6.88. The molecule has 2 N–H and O–H groups in total. The molecule has 3 aromatic rings. The zero-order valence-corrected chi connectivity index (χ0v) is 22.1. The molecule has 1 saturated heterocycles. The topological polar surface area (TPSA) is 118 Å². The van der Waals surface area contributed by atoms with Gasteiger partial charge in [0, 0.05) is 25.7 Å². The van der Waals surface area contributed by atoms with Crippen molar-refractivity contribution in [2.45, 2.75) is 45.7 Å². The second kappa shape index (κ2) is 10.6. The average molecular weight is 522 g/mol. The molecule has 1 aliphatic heterocycles. The number of hydrazine groups is 1. The van der Waals surface area contributed by atoms with Gasteiger partial charge in [-0.05, 0) is 61.6 Å². The summed E-state index contributed by atoms with van der Waals surface area (Å²) in [4.78, 5) is 46.0. The second-order valence-electron chi connectivity index (χ2n) is 9.68. The van der Waals surface area contributed by atoms with Gasteiger partial charge in [-0.2, -0.15) is 5.10 Å². The van der Waals surface area contributed by atoms with Crippen LogP contribution in [0.3, 0.4) is 0 Å². The first-order valence-corrected chi connectivity index (χ1v) is 12.4. The summed E-state index contributed by atoms with van der Waals surface area (Å²) in [5.41, 5.74) is 8.70. The number of aryl methyl sites for hydroxylation is 3. The fraction of sp³-hybridized carbons (Fsp3) is 0.370. The number of rotatable bonds is 8. The summed E-state index contributed by atoms with van der Waals surface area (Å²) >= 11 is 0. The number of hydrogen-bond donors (Lipinski definition) is 1. The summed E-state index contributed by atoms with van der Waals surface area (Å²) < 4.78 is 16.1. The Kier molecular flexibility index (Phi) is 7.47. The summed E-state index contributed by atoms with van der Waals surface area (Å²) in [6.45, 7) is 5.31. The van der Waals surface area contributed by atoms with Crippen LogP contribution in [0.1, 0.15) is 41.8 Å². The van der Waals surface area contributed by atoms with Crippen LogP contribution >= 0.6 is 0 Å². The number of pyridine rings is 1. The van der Waals surface area contributed by atoms with Gasteiger partial charge in [0.05, 0.1) is 18.4 Å². The standard InChI is InChI=1S/C27H32FN7O3/c1-6-23(19-8-7-16(2)22(28)12-19)35-27(38)33(5)25(26(37)34(35)21-13-30-32(4)14-21)20(15-36)10-18-9-17(3)31-24(29)11-18/h7-9,11-15,20,23,25H,6,10H2,1-5H3,(H2,29,31)/t20-,23+,25-/m0/s1. The van der Waals surface area contributed by atoms with Crippen LogP contribution in [-0.2, 0) is 23.1 Å². The van der Waals surface area contributed by atoms with E-state index in [0.29, 0.717) is 41.0 Å². The van der Waals surface area contributed by atoms with E-state index in [0.717, 1.165) is 5.56 Å². The van der Waals surface area contributed by atoms with Crippen LogP contribution in [0, 0.1) is 25.6 Å². The molecule has 3 amide bonds. The van der Waals surface area contributed by atoms with E-state index >= 15 is 0 Å². The van der Waals surface area contributed by atoms with E-state index in [1.807, 2.05) is 6.92 Å². The van der Waals surface area contributed by atoms with Gasteiger partial charge in [0.25, 0.3) is 5.91 Å². The number of benzene rings is 1. The second-order valence-corrected chi connectivity index (χ2v) is 9.68. The van der Waals surface area contributed by atoms with Crippen molar-refractivity contribution in [3.8, 4) is 0 Å². The first-order valence-electron chi connectivity index (χ1n) is 12.4. The van der Waals surface area contributed by atoms with Crippen LogP contribution in [0.4, 0.5) is 20.7 Å². The summed E-state index contributed by atoms with van der Waals surface area (Å²) in [5, 5.41) is 6.79. The molecular weight excluding hydrogens is 489 g/mol. The number of likely N-dealkylation sites (N-methyl/N-ethyl adjacent to an activating group) is 1. The first-order chi connectivity index (χ1) is 18.0. The van der Waals surface area contributed by atoms with Gasteiger partial charge >= 0.3 is 6.03 Å². The lowest BCUT2D eigenvalue weighted by atomic mass is 9.90. The molecule has 1 aromatic carbocycles. The molecular formula is C27H32FN7O3. The number of aldehydes is 1. The van der Waals surface area contributed by atoms with Crippen molar-refractivity contribution in [3.63, 3.8) is 0 Å². The minimum Gasteiger partial charge on any atom is -0.384 e. The molecule has 0 aliphatic carbocycles. The Labute approximate surface area is 220 Å². The fourth-order valence-corrected chi connectivity index (χ4v) is 5.03. The molecule has 38 heavy (non-hydrogen) atoms. The number of carbonyl (C=O) groups is 3. The van der Waals surface area contributed by atoms with Crippen molar-refractivity contribution < 1.29 is 18.8 Å². The molecule has 1 fully saturated rings. The van der Waals surface area contributed by atoms with Gasteiger partial charge in [0.1, 0.15) is 29.7 Å². The summed E-state index contributed by atoms with van der Waals surface area (Å²) in [6, 6.07) is 6.01. The van der Waals surface area contributed by atoms with Gasteiger partial charge in [-0.1, -0.05) is 19.1 Å². The Balaban J connectivity index is 1.78. The van der Waals surface area contributed by atoms with E-state index in [9.17, 15) is 18.8 Å². The van der Waals surface area contributed by atoms with Gasteiger partial charge in [-0.3, -0.25) is 9.48 Å². The molecule has 11 heteroatoms. The van der Waals surface area contributed by atoms with E-state index in [-0.39, 0.29) is 6.42 Å². The largest absolute Gasteiger partial charge is 0.384 e. The minimum absolute atomic E-state index is 0.187. The number of nitrogens with zero attached hydrogens (tertiary/aromatic N) is 6. The smallest absolute Gasteiger partial charge is 0.340 e. The Morgan fingerprint density at radius 2 is 1.89 bits per heavy atom. The predicted octanol–water partition coefficient (Wildman–Crippen LogP) is 3.35. The van der Waals surface area contributed by atoms with E-state index in [4.69, 9.17) is 5.73 Å². The number of nitrogen functional groups attached to an aromatic ring is 1.